The molecule has 1 aromatic rings. The second-order valence-corrected chi connectivity index (χ2v) is 3.27. The lowest BCUT2D eigenvalue weighted by atomic mass is 10.2. The minimum atomic E-state index is -0.636. The summed E-state index contributed by atoms with van der Waals surface area (Å²) in [6.45, 7) is 0.186. The first-order valence-corrected chi connectivity index (χ1v) is 4.58. The summed E-state index contributed by atoms with van der Waals surface area (Å²) in [5.41, 5.74) is 6.15. The first-order chi connectivity index (χ1) is 7.20. The molecule has 1 unspecified atom stereocenters. The van der Waals surface area contributed by atoms with Crippen LogP contribution < -0.4 is 20.5 Å². The Bertz CT molecular complexity index is 392. The maximum atomic E-state index is 11.4. The van der Waals surface area contributed by atoms with E-state index in [1.54, 1.807) is 25.3 Å². The molecule has 0 bridgehead atoms. The largest absolute Gasteiger partial charge is 0.497 e. The molecule has 80 valence electrons. The van der Waals surface area contributed by atoms with Gasteiger partial charge in [-0.3, -0.25) is 4.79 Å². The number of anilines is 1. The fourth-order valence-electron chi connectivity index (χ4n) is 1.34. The number of hydrogen-bond acceptors (Lipinski definition) is 4. The maximum absolute atomic E-state index is 11.4. The van der Waals surface area contributed by atoms with Crippen LogP contribution in [0.5, 0.6) is 11.5 Å². The van der Waals surface area contributed by atoms with Gasteiger partial charge < -0.3 is 20.5 Å². The fraction of sp³-hybridized carbons (Fsp3) is 0.300. The Kier molecular flexibility index (Phi) is 2.47. The van der Waals surface area contributed by atoms with Gasteiger partial charge in [0, 0.05) is 6.07 Å². The fourth-order valence-corrected chi connectivity index (χ4v) is 1.34. The van der Waals surface area contributed by atoms with Crippen LogP contribution in [0, 0.1) is 0 Å². The minimum Gasteiger partial charge on any atom is -0.497 e. The molecule has 5 nitrogen and oxygen atoms in total. The van der Waals surface area contributed by atoms with E-state index in [4.69, 9.17) is 15.2 Å². The molecule has 2 rings (SSSR count). The predicted octanol–water partition coefficient (Wildman–Crippen LogP) is 0.353. The standard InChI is InChI=1S/C10H12N2O3/c1-14-6-2-3-9-8(4-6)12-10(13)7(11)5-15-9/h2-4,7H,5,11H2,1H3,(H,12,13). The highest BCUT2D eigenvalue weighted by Crippen LogP contribution is 2.30. The van der Waals surface area contributed by atoms with Gasteiger partial charge in [-0.1, -0.05) is 0 Å². The zero-order valence-corrected chi connectivity index (χ0v) is 8.32. The molecule has 3 N–H and O–H groups in total. The second kappa shape index (κ2) is 3.78. The molecule has 5 heteroatoms. The summed E-state index contributed by atoms with van der Waals surface area (Å²) in [5, 5.41) is 2.68. The van der Waals surface area contributed by atoms with Gasteiger partial charge in [-0.2, -0.15) is 0 Å². The molecule has 0 saturated carbocycles. The lowest BCUT2D eigenvalue weighted by Gasteiger charge is -2.08. The summed E-state index contributed by atoms with van der Waals surface area (Å²) in [6, 6.07) is 4.57. The summed E-state index contributed by atoms with van der Waals surface area (Å²) in [6.07, 6.45) is 0. The minimum absolute atomic E-state index is 0.186. The van der Waals surface area contributed by atoms with Gasteiger partial charge in [0.1, 0.15) is 24.1 Å². The van der Waals surface area contributed by atoms with Crippen molar-refractivity contribution >= 4 is 11.6 Å². The third-order valence-electron chi connectivity index (χ3n) is 2.20. The summed E-state index contributed by atoms with van der Waals surface area (Å²) < 4.78 is 10.4. The molecule has 1 aliphatic heterocycles. The highest BCUT2D eigenvalue weighted by atomic mass is 16.5. The van der Waals surface area contributed by atoms with Crippen molar-refractivity contribution in [2.75, 3.05) is 19.0 Å². The first-order valence-electron chi connectivity index (χ1n) is 4.58. The van der Waals surface area contributed by atoms with E-state index in [9.17, 15) is 4.79 Å². The molecule has 15 heavy (non-hydrogen) atoms. The van der Waals surface area contributed by atoms with Crippen molar-refractivity contribution in [3.63, 3.8) is 0 Å². The highest BCUT2D eigenvalue weighted by molar-refractivity contribution is 5.97. The molecule has 1 atom stereocenters. The second-order valence-electron chi connectivity index (χ2n) is 3.27. The van der Waals surface area contributed by atoms with Crippen LogP contribution in [0.3, 0.4) is 0 Å². The third kappa shape index (κ3) is 1.87. The number of nitrogens with one attached hydrogen (secondary N) is 1. The quantitative estimate of drug-likeness (QED) is 0.698. The van der Waals surface area contributed by atoms with E-state index in [2.05, 4.69) is 5.32 Å². The van der Waals surface area contributed by atoms with Crippen LogP contribution in [0.4, 0.5) is 5.69 Å². The van der Waals surface area contributed by atoms with E-state index in [-0.39, 0.29) is 12.5 Å². The van der Waals surface area contributed by atoms with Gasteiger partial charge in [-0.05, 0) is 12.1 Å². The summed E-state index contributed by atoms with van der Waals surface area (Å²) >= 11 is 0. The molecule has 0 aliphatic carbocycles. The molecule has 0 aromatic heterocycles. The number of nitrogens with two attached hydrogens (primary N) is 1. The van der Waals surface area contributed by atoms with Gasteiger partial charge in [0.05, 0.1) is 12.8 Å². The molecule has 0 saturated heterocycles. The number of fused-ring (bicyclic) bond motifs is 1. The van der Waals surface area contributed by atoms with Gasteiger partial charge in [0.15, 0.2) is 0 Å². The van der Waals surface area contributed by atoms with Gasteiger partial charge in [-0.15, -0.1) is 0 Å². The zero-order valence-electron chi connectivity index (χ0n) is 8.32. The van der Waals surface area contributed by atoms with Crippen LogP contribution >= 0.6 is 0 Å². The van der Waals surface area contributed by atoms with E-state index in [0.29, 0.717) is 17.2 Å². The van der Waals surface area contributed by atoms with Crippen LogP contribution in [0.15, 0.2) is 18.2 Å². The van der Waals surface area contributed by atoms with E-state index >= 15 is 0 Å². The third-order valence-corrected chi connectivity index (χ3v) is 2.20. The Labute approximate surface area is 87.2 Å². The number of ether oxygens (including phenoxy) is 2. The molecular weight excluding hydrogens is 196 g/mol. The molecule has 0 radical (unpaired) electrons. The number of rotatable bonds is 1. The lowest BCUT2D eigenvalue weighted by molar-refractivity contribution is -0.117. The molecular formula is C10H12N2O3. The average Bonchev–Trinajstić information content (AvgIpc) is 2.39. The van der Waals surface area contributed by atoms with E-state index in [0.717, 1.165) is 0 Å². The Morgan fingerprint density at radius 3 is 3.13 bits per heavy atom. The van der Waals surface area contributed by atoms with Crippen LogP contribution in [0.2, 0.25) is 0 Å². The zero-order chi connectivity index (χ0) is 10.8. The Morgan fingerprint density at radius 1 is 1.60 bits per heavy atom. The normalized spacial score (nSPS) is 19.6. The Hall–Kier alpha value is -1.75. The van der Waals surface area contributed by atoms with Crippen LogP contribution in [0.25, 0.3) is 0 Å². The smallest absolute Gasteiger partial charge is 0.244 e. The topological polar surface area (TPSA) is 73.6 Å². The van der Waals surface area contributed by atoms with Crippen LogP contribution in [-0.2, 0) is 4.79 Å². The number of hydrogen-bond donors (Lipinski definition) is 2. The lowest BCUT2D eigenvalue weighted by Crippen LogP contribution is -2.38. The maximum Gasteiger partial charge on any atom is 0.244 e. The Morgan fingerprint density at radius 2 is 2.40 bits per heavy atom. The number of benzene rings is 1. The van der Waals surface area contributed by atoms with Crippen molar-refractivity contribution in [3.05, 3.63) is 18.2 Å². The van der Waals surface area contributed by atoms with Gasteiger partial charge in [0.2, 0.25) is 5.91 Å². The summed E-state index contributed by atoms with van der Waals surface area (Å²) in [4.78, 5) is 11.4. The van der Waals surface area contributed by atoms with Crippen molar-refractivity contribution in [2.24, 2.45) is 5.73 Å². The molecule has 1 amide bonds. The SMILES string of the molecule is COc1ccc2c(c1)NC(=O)C(N)CO2. The Balaban J connectivity index is 2.35. The van der Waals surface area contributed by atoms with Crippen molar-refractivity contribution in [1.29, 1.82) is 0 Å². The summed E-state index contributed by atoms with van der Waals surface area (Å²) in [5.74, 6) is 1.02. The average molecular weight is 208 g/mol. The number of carbonyl (C=O) groups is 1. The van der Waals surface area contributed by atoms with E-state index in [1.165, 1.54) is 0 Å². The number of amides is 1. The number of methoxy groups -OCH3 is 1. The van der Waals surface area contributed by atoms with Crippen molar-refractivity contribution in [3.8, 4) is 11.5 Å². The van der Waals surface area contributed by atoms with Crippen molar-refractivity contribution in [2.45, 2.75) is 6.04 Å². The first kappa shape index (κ1) is 9.79. The van der Waals surface area contributed by atoms with Crippen LogP contribution in [-0.4, -0.2) is 25.7 Å². The van der Waals surface area contributed by atoms with Crippen LogP contribution in [0.1, 0.15) is 0 Å². The van der Waals surface area contributed by atoms with Crippen molar-refractivity contribution < 1.29 is 14.3 Å². The predicted molar refractivity (Wildman–Crippen MR) is 55.1 cm³/mol. The van der Waals surface area contributed by atoms with E-state index in [1.807, 2.05) is 0 Å². The molecule has 1 aliphatic rings. The molecule has 0 spiro atoms. The monoisotopic (exact) mass is 208 g/mol. The van der Waals surface area contributed by atoms with Gasteiger partial charge >= 0.3 is 0 Å². The van der Waals surface area contributed by atoms with E-state index < -0.39 is 6.04 Å². The molecule has 1 heterocycles. The number of carbonyl (C=O) groups excluding carboxylic acids is 1. The van der Waals surface area contributed by atoms with Gasteiger partial charge in [0.25, 0.3) is 0 Å². The highest BCUT2D eigenvalue weighted by Gasteiger charge is 2.21. The van der Waals surface area contributed by atoms with Gasteiger partial charge in [-0.25, -0.2) is 0 Å². The van der Waals surface area contributed by atoms with Crippen molar-refractivity contribution in [1.82, 2.24) is 0 Å². The molecule has 0 fully saturated rings. The molecule has 1 aromatic carbocycles. The summed E-state index contributed by atoms with van der Waals surface area (Å²) in [7, 11) is 1.56.